The van der Waals surface area contributed by atoms with Crippen molar-refractivity contribution in [3.05, 3.63) is 71.8 Å². The van der Waals surface area contributed by atoms with E-state index in [2.05, 4.69) is 38.1 Å². The van der Waals surface area contributed by atoms with Crippen LogP contribution >= 0.6 is 0 Å². The van der Waals surface area contributed by atoms with Crippen LogP contribution in [0, 0.1) is 11.3 Å². The maximum Gasteiger partial charge on any atom is 0.120 e. The fourth-order valence-corrected chi connectivity index (χ4v) is 4.76. The van der Waals surface area contributed by atoms with Gasteiger partial charge in [0.1, 0.15) is 5.60 Å². The number of aliphatic hydroxyl groups is 1. The molecule has 0 amide bonds. The minimum absolute atomic E-state index is 0.171. The van der Waals surface area contributed by atoms with E-state index in [4.69, 9.17) is 0 Å². The van der Waals surface area contributed by atoms with Crippen LogP contribution < -0.4 is 0 Å². The average molecular weight is 322 g/mol. The minimum Gasteiger partial charge on any atom is -0.380 e. The Hall–Kier alpha value is -1.60. The summed E-state index contributed by atoms with van der Waals surface area (Å²) in [6.45, 7) is 4.55. The second-order valence-corrected chi connectivity index (χ2v) is 7.55. The molecule has 0 saturated heterocycles. The first kappa shape index (κ1) is 17.2. The predicted molar refractivity (Wildman–Crippen MR) is 101 cm³/mol. The van der Waals surface area contributed by atoms with Gasteiger partial charge in [-0.15, -0.1) is 0 Å². The molecule has 24 heavy (non-hydrogen) atoms. The van der Waals surface area contributed by atoms with Gasteiger partial charge >= 0.3 is 0 Å². The van der Waals surface area contributed by atoms with Gasteiger partial charge in [-0.3, -0.25) is 0 Å². The van der Waals surface area contributed by atoms with Crippen molar-refractivity contribution in [2.75, 3.05) is 0 Å². The highest BCUT2D eigenvalue weighted by atomic mass is 16.3. The van der Waals surface area contributed by atoms with E-state index < -0.39 is 5.60 Å². The second-order valence-electron chi connectivity index (χ2n) is 7.55. The molecule has 3 rings (SSSR count). The molecule has 1 nitrogen and oxygen atoms in total. The summed E-state index contributed by atoms with van der Waals surface area (Å²) in [5.41, 5.74) is 0.917. The second kappa shape index (κ2) is 7.11. The van der Waals surface area contributed by atoms with Crippen LogP contribution in [0.15, 0.2) is 60.7 Å². The van der Waals surface area contributed by atoms with Gasteiger partial charge in [0.15, 0.2) is 0 Å². The highest BCUT2D eigenvalue weighted by molar-refractivity contribution is 5.39. The van der Waals surface area contributed by atoms with Crippen LogP contribution in [0.2, 0.25) is 0 Å². The summed E-state index contributed by atoms with van der Waals surface area (Å²) in [5.74, 6) is 0.557. The molecule has 0 bridgehead atoms. The molecule has 1 aliphatic rings. The number of hydrogen-bond donors (Lipinski definition) is 1. The highest BCUT2D eigenvalue weighted by Crippen LogP contribution is 2.55. The molecule has 1 N–H and O–H groups in total. The molecule has 0 aromatic heterocycles. The molecule has 2 aromatic carbocycles. The summed E-state index contributed by atoms with van der Waals surface area (Å²) in [5, 5.41) is 12.2. The molecular weight excluding hydrogens is 292 g/mol. The van der Waals surface area contributed by atoms with Gasteiger partial charge < -0.3 is 5.11 Å². The van der Waals surface area contributed by atoms with Gasteiger partial charge in [0.05, 0.1) is 0 Å². The van der Waals surface area contributed by atoms with Crippen LogP contribution in [0.3, 0.4) is 0 Å². The predicted octanol–water partition coefficient (Wildman–Crippen LogP) is 5.92. The standard InChI is InChI=1S/C23H30O/c1-3-22(2,19-13-7-4-8-14-19)23(24,20-15-9-5-10-16-20)21-17-11-6-12-18-21/h5-6,9-12,15-19,24H,3-4,7-8,13-14H2,1-2H3/t22-/m1/s1. The topological polar surface area (TPSA) is 20.2 Å². The Labute approximate surface area is 146 Å². The number of benzene rings is 2. The van der Waals surface area contributed by atoms with Crippen LogP contribution in [-0.2, 0) is 5.60 Å². The fraction of sp³-hybridized carbons (Fsp3) is 0.478. The molecule has 2 aromatic rings. The third kappa shape index (κ3) is 2.80. The van der Waals surface area contributed by atoms with Crippen molar-refractivity contribution >= 4 is 0 Å². The van der Waals surface area contributed by atoms with E-state index in [1.54, 1.807) is 0 Å². The summed E-state index contributed by atoms with van der Waals surface area (Å²) < 4.78 is 0. The van der Waals surface area contributed by atoms with Crippen molar-refractivity contribution in [1.29, 1.82) is 0 Å². The smallest absolute Gasteiger partial charge is 0.120 e. The Morgan fingerprint density at radius 1 is 0.833 bits per heavy atom. The first-order valence-corrected chi connectivity index (χ1v) is 9.46. The van der Waals surface area contributed by atoms with E-state index in [-0.39, 0.29) is 5.41 Å². The van der Waals surface area contributed by atoms with Crippen LogP contribution in [0.25, 0.3) is 0 Å². The quantitative estimate of drug-likeness (QED) is 0.724. The fourth-order valence-electron chi connectivity index (χ4n) is 4.76. The zero-order valence-corrected chi connectivity index (χ0v) is 15.0. The third-order valence-corrected chi connectivity index (χ3v) is 6.45. The Morgan fingerprint density at radius 2 is 1.29 bits per heavy atom. The molecule has 1 fully saturated rings. The van der Waals surface area contributed by atoms with E-state index in [1.165, 1.54) is 32.1 Å². The van der Waals surface area contributed by atoms with E-state index in [9.17, 15) is 5.11 Å². The van der Waals surface area contributed by atoms with Crippen LogP contribution in [0.4, 0.5) is 0 Å². The summed E-state index contributed by atoms with van der Waals surface area (Å²) in [6, 6.07) is 20.6. The van der Waals surface area contributed by atoms with E-state index in [1.807, 2.05) is 36.4 Å². The van der Waals surface area contributed by atoms with Crippen molar-refractivity contribution in [2.45, 2.75) is 58.0 Å². The Morgan fingerprint density at radius 3 is 1.71 bits per heavy atom. The van der Waals surface area contributed by atoms with Gasteiger partial charge in [-0.1, -0.05) is 93.8 Å². The molecule has 1 atom stereocenters. The Bertz CT molecular complexity index is 588. The van der Waals surface area contributed by atoms with E-state index in [0.717, 1.165) is 17.5 Å². The lowest BCUT2D eigenvalue weighted by molar-refractivity contribution is -0.0935. The maximum atomic E-state index is 12.2. The summed E-state index contributed by atoms with van der Waals surface area (Å²) >= 11 is 0. The SMILES string of the molecule is CC[C@](C)(C1CCCCC1)C(O)(c1ccccc1)c1ccccc1. The monoisotopic (exact) mass is 322 g/mol. The molecule has 128 valence electrons. The molecule has 0 spiro atoms. The summed E-state index contributed by atoms with van der Waals surface area (Å²) in [4.78, 5) is 0. The van der Waals surface area contributed by atoms with E-state index in [0.29, 0.717) is 5.92 Å². The van der Waals surface area contributed by atoms with Crippen LogP contribution in [0.5, 0.6) is 0 Å². The van der Waals surface area contributed by atoms with E-state index >= 15 is 0 Å². The molecule has 0 unspecified atom stereocenters. The molecular formula is C23H30O. The lowest BCUT2D eigenvalue weighted by Crippen LogP contribution is -2.49. The molecule has 0 aliphatic heterocycles. The van der Waals surface area contributed by atoms with Crippen molar-refractivity contribution in [1.82, 2.24) is 0 Å². The van der Waals surface area contributed by atoms with Gasteiger partial charge in [-0.2, -0.15) is 0 Å². The van der Waals surface area contributed by atoms with Crippen LogP contribution in [-0.4, -0.2) is 5.11 Å². The van der Waals surface area contributed by atoms with Crippen molar-refractivity contribution in [3.8, 4) is 0 Å². The zero-order valence-electron chi connectivity index (χ0n) is 15.0. The zero-order chi connectivity index (χ0) is 17.0. The lowest BCUT2D eigenvalue weighted by atomic mass is 9.56. The summed E-state index contributed by atoms with van der Waals surface area (Å²) in [7, 11) is 0. The molecule has 0 heterocycles. The molecule has 0 radical (unpaired) electrons. The lowest BCUT2D eigenvalue weighted by Gasteiger charge is -2.51. The van der Waals surface area contributed by atoms with Crippen molar-refractivity contribution < 1.29 is 5.11 Å². The normalized spacial score (nSPS) is 19.0. The number of rotatable bonds is 5. The average Bonchev–Trinajstić information content (AvgIpc) is 2.68. The minimum atomic E-state index is -0.952. The summed E-state index contributed by atoms with van der Waals surface area (Å²) in [6.07, 6.45) is 7.35. The first-order valence-electron chi connectivity index (χ1n) is 9.46. The van der Waals surface area contributed by atoms with Crippen LogP contribution in [0.1, 0.15) is 63.5 Å². The molecule has 1 aliphatic carbocycles. The van der Waals surface area contributed by atoms with Gasteiger partial charge in [-0.05, 0) is 36.3 Å². The van der Waals surface area contributed by atoms with Gasteiger partial charge in [-0.25, -0.2) is 0 Å². The van der Waals surface area contributed by atoms with Gasteiger partial charge in [0, 0.05) is 5.41 Å². The first-order chi connectivity index (χ1) is 11.6. The van der Waals surface area contributed by atoms with Gasteiger partial charge in [0.25, 0.3) is 0 Å². The Balaban J connectivity index is 2.16. The molecule has 1 heteroatoms. The Kier molecular flexibility index (Phi) is 5.10. The van der Waals surface area contributed by atoms with Gasteiger partial charge in [0.2, 0.25) is 0 Å². The van der Waals surface area contributed by atoms with Crippen molar-refractivity contribution in [3.63, 3.8) is 0 Å². The third-order valence-electron chi connectivity index (χ3n) is 6.45. The number of hydrogen-bond acceptors (Lipinski definition) is 1. The van der Waals surface area contributed by atoms with Crippen molar-refractivity contribution in [2.24, 2.45) is 11.3 Å². The highest BCUT2D eigenvalue weighted by Gasteiger charge is 2.52. The molecule has 1 saturated carbocycles. The largest absolute Gasteiger partial charge is 0.380 e. The maximum absolute atomic E-state index is 12.2.